The van der Waals surface area contributed by atoms with E-state index in [1.165, 1.54) is 109 Å². The first-order valence-electron chi connectivity index (χ1n) is 24.2. The van der Waals surface area contributed by atoms with Crippen LogP contribution in [-0.2, 0) is 18.4 Å². The lowest BCUT2D eigenvalue weighted by Crippen LogP contribution is -2.45. The van der Waals surface area contributed by atoms with Crippen molar-refractivity contribution in [3.8, 4) is 0 Å². The normalized spacial score (nSPS) is 14.8. The van der Waals surface area contributed by atoms with Crippen LogP contribution in [0.1, 0.15) is 200 Å². The van der Waals surface area contributed by atoms with Crippen LogP contribution in [0.25, 0.3) is 0 Å². The Morgan fingerprint density at radius 3 is 1.49 bits per heavy atom. The highest BCUT2D eigenvalue weighted by Crippen LogP contribution is 2.43. The lowest BCUT2D eigenvalue weighted by Gasteiger charge is -2.25. The van der Waals surface area contributed by atoms with Gasteiger partial charge in [0.2, 0.25) is 5.91 Å². The van der Waals surface area contributed by atoms with Gasteiger partial charge in [0.15, 0.2) is 0 Å². The molecule has 3 N–H and O–H groups in total. The topological polar surface area (TPSA) is 105 Å². The summed E-state index contributed by atoms with van der Waals surface area (Å²) >= 11 is 0. The number of quaternary nitrogens is 1. The standard InChI is InChI=1S/C50H93N2O6P/c1-6-8-10-12-14-16-18-20-22-24-25-26-27-28-30-32-34-36-38-40-42-44-50(54)51-48(47-58-59(55,56)57-46-45-52(3,4)5)49(53)43-41-39-37-35-33-31-29-23-21-19-17-15-13-11-9-7-2/h8,10,14,16,20,22,25-26,41,43,48-49,53H,6-7,9,11-13,15,17-19,21,23-24,27-40,42,44-47H2,1-5H3,(H-,51,54,55,56)/p+1/b10-8-,16-14-,22-20-,26-25-,43-41+. The minimum absolute atomic E-state index is 0.0575. The van der Waals surface area contributed by atoms with Crippen LogP contribution in [-0.4, -0.2) is 73.4 Å². The number of phosphoric acid groups is 1. The second kappa shape index (κ2) is 41.5. The fourth-order valence-corrected chi connectivity index (χ4v) is 7.41. The highest BCUT2D eigenvalue weighted by Gasteiger charge is 2.27. The molecule has 9 heteroatoms. The van der Waals surface area contributed by atoms with Gasteiger partial charge in [-0.3, -0.25) is 13.8 Å². The lowest BCUT2D eigenvalue weighted by molar-refractivity contribution is -0.870. The molecular formula is C50H94N2O6P+. The van der Waals surface area contributed by atoms with E-state index in [2.05, 4.69) is 67.8 Å². The second-order valence-corrected chi connectivity index (χ2v) is 18.9. The number of phosphoric ester groups is 1. The average molecular weight is 850 g/mol. The molecule has 0 saturated heterocycles. The number of amides is 1. The molecule has 0 aromatic rings. The number of aliphatic hydroxyl groups is 1. The van der Waals surface area contributed by atoms with Gasteiger partial charge in [-0.2, -0.15) is 0 Å². The number of nitrogens with one attached hydrogen (secondary N) is 1. The molecule has 0 aliphatic heterocycles. The zero-order valence-electron chi connectivity index (χ0n) is 39.0. The van der Waals surface area contributed by atoms with Gasteiger partial charge < -0.3 is 19.8 Å². The van der Waals surface area contributed by atoms with Crippen molar-refractivity contribution in [3.63, 3.8) is 0 Å². The fraction of sp³-hybridized carbons (Fsp3) is 0.780. The summed E-state index contributed by atoms with van der Waals surface area (Å²) in [5, 5.41) is 13.9. The summed E-state index contributed by atoms with van der Waals surface area (Å²) in [6, 6.07) is -0.853. The molecule has 0 saturated carbocycles. The van der Waals surface area contributed by atoms with Gasteiger partial charge >= 0.3 is 7.82 Å². The van der Waals surface area contributed by atoms with Crippen LogP contribution in [0, 0.1) is 0 Å². The molecule has 0 aliphatic carbocycles. The third-order valence-corrected chi connectivity index (χ3v) is 11.5. The Bertz CT molecular complexity index is 1140. The van der Waals surface area contributed by atoms with Gasteiger partial charge in [0.25, 0.3) is 0 Å². The van der Waals surface area contributed by atoms with E-state index in [1.54, 1.807) is 6.08 Å². The third-order valence-electron chi connectivity index (χ3n) is 10.5. The molecule has 0 aromatic carbocycles. The molecule has 0 fully saturated rings. The molecule has 8 nitrogen and oxygen atoms in total. The number of rotatable bonds is 43. The van der Waals surface area contributed by atoms with Gasteiger partial charge in [-0.25, -0.2) is 4.57 Å². The molecule has 0 radical (unpaired) electrons. The van der Waals surface area contributed by atoms with Crippen molar-refractivity contribution in [3.05, 3.63) is 60.8 Å². The summed E-state index contributed by atoms with van der Waals surface area (Å²) in [5.74, 6) is -0.187. The average Bonchev–Trinajstić information content (AvgIpc) is 3.19. The van der Waals surface area contributed by atoms with Crippen LogP contribution < -0.4 is 5.32 Å². The van der Waals surface area contributed by atoms with Crippen molar-refractivity contribution in [2.45, 2.75) is 212 Å². The number of carbonyl (C=O) groups excluding carboxylic acids is 1. The molecule has 344 valence electrons. The molecule has 3 unspecified atom stereocenters. The van der Waals surface area contributed by atoms with E-state index in [4.69, 9.17) is 9.05 Å². The van der Waals surface area contributed by atoms with E-state index in [0.717, 1.165) is 70.6 Å². The maximum atomic E-state index is 12.9. The Labute approximate surface area is 364 Å². The number of aliphatic hydroxyl groups excluding tert-OH is 1. The van der Waals surface area contributed by atoms with Gasteiger partial charge in [0.1, 0.15) is 13.2 Å². The third kappa shape index (κ3) is 44.1. The largest absolute Gasteiger partial charge is 0.472 e. The van der Waals surface area contributed by atoms with Crippen LogP contribution in [0.4, 0.5) is 0 Å². The lowest BCUT2D eigenvalue weighted by atomic mass is 10.0. The predicted octanol–water partition coefficient (Wildman–Crippen LogP) is 13.8. The SMILES string of the molecule is CC/C=C\C/C=C\C/C=C\C/C=C\CCCCCCCCCCC(=O)NC(COP(=O)(O)OCC[N+](C)(C)C)C(O)/C=C/CCCCCCCCCCCCCCCC. The van der Waals surface area contributed by atoms with E-state index in [9.17, 15) is 19.4 Å². The summed E-state index contributed by atoms with van der Waals surface area (Å²) < 4.78 is 23.6. The van der Waals surface area contributed by atoms with Crippen LogP contribution in [0.2, 0.25) is 0 Å². The van der Waals surface area contributed by atoms with E-state index in [-0.39, 0.29) is 19.1 Å². The molecule has 1 amide bonds. The first kappa shape index (κ1) is 57.2. The Hall–Kier alpha value is -1.80. The van der Waals surface area contributed by atoms with Gasteiger partial charge in [-0.1, -0.05) is 197 Å². The van der Waals surface area contributed by atoms with E-state index < -0.39 is 20.0 Å². The zero-order chi connectivity index (χ0) is 43.6. The molecule has 0 aromatic heterocycles. The molecule has 59 heavy (non-hydrogen) atoms. The Balaban J connectivity index is 4.37. The maximum Gasteiger partial charge on any atom is 0.472 e. The molecule has 3 atom stereocenters. The summed E-state index contributed by atoms with van der Waals surface area (Å²) in [7, 11) is 1.56. The van der Waals surface area contributed by atoms with Crippen LogP contribution >= 0.6 is 7.82 Å². The highest BCUT2D eigenvalue weighted by molar-refractivity contribution is 7.47. The van der Waals surface area contributed by atoms with Crippen molar-refractivity contribution < 1.29 is 32.9 Å². The minimum atomic E-state index is -4.34. The van der Waals surface area contributed by atoms with Crippen molar-refractivity contribution in [2.75, 3.05) is 40.9 Å². The Kier molecular flexibility index (Phi) is 40.3. The number of carbonyl (C=O) groups is 1. The molecular weight excluding hydrogens is 756 g/mol. The van der Waals surface area contributed by atoms with Crippen molar-refractivity contribution >= 4 is 13.7 Å². The fourth-order valence-electron chi connectivity index (χ4n) is 6.68. The van der Waals surface area contributed by atoms with Crippen molar-refractivity contribution in [1.82, 2.24) is 5.32 Å². The smallest absolute Gasteiger partial charge is 0.387 e. The van der Waals surface area contributed by atoms with Gasteiger partial charge in [0, 0.05) is 6.42 Å². The molecule has 0 bridgehead atoms. The minimum Gasteiger partial charge on any atom is -0.387 e. The molecule has 0 spiro atoms. The Morgan fingerprint density at radius 1 is 0.593 bits per heavy atom. The van der Waals surface area contributed by atoms with Crippen LogP contribution in [0.5, 0.6) is 0 Å². The highest BCUT2D eigenvalue weighted by atomic mass is 31.2. The first-order chi connectivity index (χ1) is 28.5. The number of allylic oxidation sites excluding steroid dienone is 9. The molecule has 0 rings (SSSR count). The number of hydrogen-bond donors (Lipinski definition) is 3. The predicted molar refractivity (Wildman–Crippen MR) is 254 cm³/mol. The summed E-state index contributed by atoms with van der Waals surface area (Å²) in [6.07, 6.45) is 54.3. The summed E-state index contributed by atoms with van der Waals surface area (Å²) in [5.41, 5.74) is 0. The van der Waals surface area contributed by atoms with Gasteiger partial charge in [-0.15, -0.1) is 0 Å². The number of likely N-dealkylation sites (N-methyl/N-ethyl adjacent to an activating group) is 1. The molecule has 0 heterocycles. The number of nitrogens with zero attached hydrogens (tertiary/aromatic N) is 1. The second-order valence-electron chi connectivity index (χ2n) is 17.5. The van der Waals surface area contributed by atoms with E-state index in [0.29, 0.717) is 17.4 Å². The monoisotopic (exact) mass is 850 g/mol. The summed E-state index contributed by atoms with van der Waals surface area (Å²) in [6.45, 7) is 4.69. The van der Waals surface area contributed by atoms with Gasteiger partial charge in [-0.05, 0) is 57.8 Å². The molecule has 0 aliphatic rings. The number of unbranched alkanes of at least 4 members (excludes halogenated alkanes) is 22. The zero-order valence-corrected chi connectivity index (χ0v) is 39.9. The van der Waals surface area contributed by atoms with Gasteiger partial charge in [0.05, 0.1) is 39.9 Å². The van der Waals surface area contributed by atoms with Crippen LogP contribution in [0.15, 0.2) is 60.8 Å². The quantitative estimate of drug-likeness (QED) is 0.0244. The number of hydrogen-bond acceptors (Lipinski definition) is 5. The first-order valence-corrected chi connectivity index (χ1v) is 25.7. The Morgan fingerprint density at radius 2 is 1.02 bits per heavy atom. The maximum absolute atomic E-state index is 12.9. The van der Waals surface area contributed by atoms with Crippen LogP contribution in [0.3, 0.4) is 0 Å². The van der Waals surface area contributed by atoms with E-state index in [1.807, 2.05) is 27.2 Å². The van der Waals surface area contributed by atoms with E-state index >= 15 is 0 Å². The summed E-state index contributed by atoms with van der Waals surface area (Å²) in [4.78, 5) is 23.2. The van der Waals surface area contributed by atoms with Crippen molar-refractivity contribution in [1.29, 1.82) is 0 Å². The van der Waals surface area contributed by atoms with Crippen molar-refractivity contribution in [2.24, 2.45) is 0 Å².